The molecule has 0 N–H and O–H groups in total. The number of nitrogens with zero attached hydrogens (tertiary/aromatic N) is 3. The van der Waals surface area contributed by atoms with Crippen molar-refractivity contribution in [2.75, 3.05) is 0 Å². The molecule has 0 aliphatic heterocycles. The smallest absolute Gasteiger partial charge is 0.211 e. The van der Waals surface area contributed by atoms with E-state index in [4.69, 9.17) is 11.0 Å². The van der Waals surface area contributed by atoms with Crippen LogP contribution in [0.5, 0.6) is 0 Å². The molecular weight excluding hydrogens is 574 g/mol. The van der Waals surface area contributed by atoms with Gasteiger partial charge in [0.1, 0.15) is 5.58 Å². The zero-order valence-corrected chi connectivity index (χ0v) is 25.2. The van der Waals surface area contributed by atoms with Crippen LogP contribution in [0.2, 0.25) is 0 Å². The van der Waals surface area contributed by atoms with Gasteiger partial charge in [-0.1, -0.05) is 115 Å². The van der Waals surface area contributed by atoms with Gasteiger partial charge in [0, 0.05) is 37.9 Å². The highest BCUT2D eigenvalue weighted by atomic mass is 16.3. The van der Waals surface area contributed by atoms with Crippen LogP contribution in [0.15, 0.2) is 156 Å². The fourth-order valence-electron chi connectivity index (χ4n) is 7.61. The van der Waals surface area contributed by atoms with Crippen LogP contribution in [0.1, 0.15) is 0 Å². The predicted molar refractivity (Wildman–Crippen MR) is 194 cm³/mol. The van der Waals surface area contributed by atoms with Crippen molar-refractivity contribution in [3.8, 4) is 22.5 Å². The quantitative estimate of drug-likeness (QED) is 0.186. The van der Waals surface area contributed by atoms with Gasteiger partial charge in [-0.2, -0.15) is 0 Å². The van der Waals surface area contributed by atoms with E-state index in [2.05, 4.69) is 141 Å². The summed E-state index contributed by atoms with van der Waals surface area (Å²) < 4.78 is 11.3. The molecule has 0 aliphatic rings. The molecule has 0 saturated carbocycles. The molecule has 3 aromatic heterocycles. The van der Waals surface area contributed by atoms with Gasteiger partial charge in [-0.3, -0.25) is 0 Å². The molecular formula is C43H25N3O. The maximum atomic E-state index is 8.31. The van der Waals surface area contributed by atoms with E-state index in [0.29, 0.717) is 5.69 Å². The van der Waals surface area contributed by atoms with Gasteiger partial charge in [0.2, 0.25) is 5.69 Å². The Morgan fingerprint density at radius 3 is 1.72 bits per heavy atom. The largest absolute Gasteiger partial charge is 0.454 e. The maximum Gasteiger partial charge on any atom is 0.211 e. The Morgan fingerprint density at radius 2 is 1.00 bits per heavy atom. The molecule has 0 spiro atoms. The number of aromatic nitrogens is 2. The molecule has 4 heteroatoms. The predicted octanol–water partition coefficient (Wildman–Crippen LogP) is 12.0. The number of hydrogen-bond acceptors (Lipinski definition) is 1. The molecule has 0 saturated heterocycles. The molecule has 0 aliphatic carbocycles. The number of para-hydroxylation sites is 6. The highest BCUT2D eigenvalue weighted by Crippen LogP contribution is 2.45. The number of benzene rings is 7. The molecule has 10 aromatic rings. The molecule has 3 heterocycles. The van der Waals surface area contributed by atoms with E-state index in [1.54, 1.807) is 0 Å². The molecule has 47 heavy (non-hydrogen) atoms. The van der Waals surface area contributed by atoms with Crippen LogP contribution >= 0.6 is 0 Å². The Balaban J connectivity index is 1.35. The van der Waals surface area contributed by atoms with Crippen molar-refractivity contribution < 1.29 is 4.42 Å². The van der Waals surface area contributed by atoms with E-state index in [1.807, 2.05) is 24.3 Å². The summed E-state index contributed by atoms with van der Waals surface area (Å²) in [7, 11) is 0. The van der Waals surface area contributed by atoms with Crippen molar-refractivity contribution in [1.29, 1.82) is 0 Å². The van der Waals surface area contributed by atoms with Gasteiger partial charge in [0.25, 0.3) is 0 Å². The summed E-state index contributed by atoms with van der Waals surface area (Å²) in [5.41, 5.74) is 10.5. The van der Waals surface area contributed by atoms with Crippen molar-refractivity contribution in [3.05, 3.63) is 163 Å². The average Bonchev–Trinajstić information content (AvgIpc) is 3.79. The molecule has 0 bridgehead atoms. The van der Waals surface area contributed by atoms with Crippen LogP contribution in [0, 0.1) is 6.57 Å². The summed E-state index contributed by atoms with van der Waals surface area (Å²) >= 11 is 0. The second-order valence-corrected chi connectivity index (χ2v) is 12.0. The first-order valence-electron chi connectivity index (χ1n) is 15.7. The fourth-order valence-corrected chi connectivity index (χ4v) is 7.61. The normalized spacial score (nSPS) is 11.8. The molecule has 218 valence electrons. The molecule has 7 aromatic carbocycles. The monoisotopic (exact) mass is 599 g/mol. The Bertz CT molecular complexity index is 2880. The van der Waals surface area contributed by atoms with Gasteiger partial charge in [0.15, 0.2) is 5.58 Å². The summed E-state index contributed by atoms with van der Waals surface area (Å²) in [4.78, 5) is 4.09. The standard InChI is InChI=1S/C43H25N3O/c1-44-35-19-12-18-32(41(35)45-36-20-7-2-13-27(36)28-14-3-8-21-37(28)45)29-15-4-9-22-38(29)46-39-23-10-5-16-30(39)33-25-26-34-31-17-6-11-24-40(31)47-43(34)42(33)46/h2-26H. The second-order valence-electron chi connectivity index (χ2n) is 12.0. The van der Waals surface area contributed by atoms with Crippen molar-refractivity contribution in [2.45, 2.75) is 0 Å². The van der Waals surface area contributed by atoms with Crippen LogP contribution in [-0.4, -0.2) is 9.13 Å². The third-order valence-corrected chi connectivity index (χ3v) is 9.55. The van der Waals surface area contributed by atoms with Crippen molar-refractivity contribution in [3.63, 3.8) is 0 Å². The van der Waals surface area contributed by atoms with Gasteiger partial charge >= 0.3 is 0 Å². The zero-order valence-electron chi connectivity index (χ0n) is 25.2. The van der Waals surface area contributed by atoms with E-state index < -0.39 is 0 Å². The lowest BCUT2D eigenvalue weighted by Gasteiger charge is -2.19. The van der Waals surface area contributed by atoms with Crippen molar-refractivity contribution in [1.82, 2.24) is 9.13 Å². The van der Waals surface area contributed by atoms with E-state index >= 15 is 0 Å². The molecule has 0 amide bonds. The molecule has 0 fully saturated rings. The summed E-state index contributed by atoms with van der Waals surface area (Å²) in [6.45, 7) is 8.31. The Labute approximate surface area is 269 Å². The molecule has 0 atom stereocenters. The zero-order chi connectivity index (χ0) is 31.1. The maximum absolute atomic E-state index is 8.31. The number of hydrogen-bond donors (Lipinski definition) is 0. The minimum Gasteiger partial charge on any atom is -0.454 e. The van der Waals surface area contributed by atoms with E-state index in [0.717, 1.165) is 88.1 Å². The summed E-state index contributed by atoms with van der Waals surface area (Å²) in [5, 5.41) is 6.83. The Kier molecular flexibility index (Phi) is 5.32. The van der Waals surface area contributed by atoms with E-state index in [1.165, 1.54) is 0 Å². The van der Waals surface area contributed by atoms with Gasteiger partial charge < -0.3 is 13.6 Å². The number of rotatable bonds is 3. The minimum atomic E-state index is 0.603. The van der Waals surface area contributed by atoms with Gasteiger partial charge in [-0.15, -0.1) is 0 Å². The first-order chi connectivity index (χ1) is 23.3. The summed E-state index contributed by atoms with van der Waals surface area (Å²) in [6.07, 6.45) is 0. The first kappa shape index (κ1) is 25.7. The molecule has 4 nitrogen and oxygen atoms in total. The average molecular weight is 600 g/mol. The minimum absolute atomic E-state index is 0.603. The van der Waals surface area contributed by atoms with E-state index in [9.17, 15) is 0 Å². The number of furan rings is 1. The highest BCUT2D eigenvalue weighted by Gasteiger charge is 2.23. The topological polar surface area (TPSA) is 27.4 Å². The van der Waals surface area contributed by atoms with Crippen molar-refractivity contribution in [2.24, 2.45) is 0 Å². The van der Waals surface area contributed by atoms with E-state index in [-0.39, 0.29) is 0 Å². The van der Waals surface area contributed by atoms with Crippen LogP contribution in [0.3, 0.4) is 0 Å². The van der Waals surface area contributed by atoms with Crippen LogP contribution < -0.4 is 0 Å². The van der Waals surface area contributed by atoms with Crippen molar-refractivity contribution >= 4 is 71.2 Å². The summed E-state index contributed by atoms with van der Waals surface area (Å²) in [6, 6.07) is 52.8. The van der Waals surface area contributed by atoms with Gasteiger partial charge in [-0.25, -0.2) is 4.85 Å². The number of fused-ring (bicyclic) bond motifs is 10. The van der Waals surface area contributed by atoms with Gasteiger partial charge in [0.05, 0.1) is 40.0 Å². The molecule has 10 rings (SSSR count). The lowest BCUT2D eigenvalue weighted by molar-refractivity contribution is 0.671. The second kappa shape index (κ2) is 9.71. The third-order valence-electron chi connectivity index (χ3n) is 9.55. The SMILES string of the molecule is [C-]#[N+]c1cccc(-c2ccccc2-n2c3ccccc3c3ccc4c5ccccc5oc4c32)c1-n1c2ccccc2c2ccccc21. The molecule has 0 radical (unpaired) electrons. The van der Waals surface area contributed by atoms with Crippen LogP contribution in [0.4, 0.5) is 5.69 Å². The molecule has 0 unspecified atom stereocenters. The fraction of sp³-hybridized carbons (Fsp3) is 0. The Hall–Kier alpha value is -6.57. The van der Waals surface area contributed by atoms with Crippen LogP contribution in [0.25, 0.3) is 92.9 Å². The first-order valence-corrected chi connectivity index (χ1v) is 15.7. The lowest BCUT2D eigenvalue weighted by Crippen LogP contribution is -2.01. The van der Waals surface area contributed by atoms with Gasteiger partial charge in [-0.05, 0) is 42.0 Å². The lowest BCUT2D eigenvalue weighted by atomic mass is 9.99. The third kappa shape index (κ3) is 3.51. The summed E-state index contributed by atoms with van der Waals surface area (Å²) in [5.74, 6) is 0. The Morgan fingerprint density at radius 1 is 0.447 bits per heavy atom. The highest BCUT2D eigenvalue weighted by molar-refractivity contribution is 6.22. The van der Waals surface area contributed by atoms with Crippen LogP contribution in [-0.2, 0) is 0 Å².